The number of halogens is 1. The van der Waals surface area contributed by atoms with Crippen LogP contribution in [-0.2, 0) is 24.7 Å². The SMILES string of the molecule is CCOP(=O)(NC(=O)c1ccc(N2CCN(Cc3ccccc3-c3ccc(Cl)cc3)CC2)cc1)c1ccc(N[C@H](CCN2CCC(OP=O)CC2)CSc2ccccc2)c([N+](=O)[O-])c1. The molecule has 0 bridgehead atoms. The van der Waals surface area contributed by atoms with Crippen LogP contribution in [0.5, 0.6) is 0 Å². The van der Waals surface area contributed by atoms with Crippen LogP contribution in [-0.4, -0.2) is 90.9 Å². The summed E-state index contributed by atoms with van der Waals surface area (Å²) in [4.78, 5) is 33.9. The number of likely N-dealkylation sites (tertiary alicyclic amines) is 1. The zero-order valence-corrected chi connectivity index (χ0v) is 39.1. The molecular formula is C47H53ClN6O7P2S. The first-order chi connectivity index (χ1) is 31.1. The fraction of sp³-hybridized carbons (Fsp3) is 0.340. The Morgan fingerprint density at radius 2 is 1.61 bits per heavy atom. The molecule has 336 valence electrons. The number of nitro benzene ring substituents is 1. The van der Waals surface area contributed by atoms with Crippen molar-refractivity contribution < 1.29 is 27.9 Å². The molecule has 0 saturated carbocycles. The molecule has 17 heteroatoms. The number of nitrogens with zero attached hydrogens (tertiary/aromatic N) is 4. The molecule has 2 aliphatic heterocycles. The smallest absolute Gasteiger partial charge is 0.327 e. The van der Waals surface area contributed by atoms with Crippen molar-refractivity contribution in [2.45, 2.75) is 49.8 Å². The van der Waals surface area contributed by atoms with E-state index < -0.39 is 18.4 Å². The highest BCUT2D eigenvalue weighted by Crippen LogP contribution is 2.43. The Morgan fingerprint density at radius 1 is 0.906 bits per heavy atom. The Morgan fingerprint density at radius 3 is 2.30 bits per heavy atom. The number of nitro groups is 1. The van der Waals surface area contributed by atoms with Gasteiger partial charge in [0.05, 0.1) is 22.9 Å². The third-order valence-electron chi connectivity index (χ3n) is 11.6. The molecule has 1 unspecified atom stereocenters. The van der Waals surface area contributed by atoms with Crippen molar-refractivity contribution in [3.05, 3.63) is 148 Å². The van der Waals surface area contributed by atoms with Gasteiger partial charge in [0.2, 0.25) is 0 Å². The van der Waals surface area contributed by atoms with Crippen molar-refractivity contribution in [2.24, 2.45) is 0 Å². The van der Waals surface area contributed by atoms with Crippen LogP contribution >= 0.6 is 39.6 Å². The number of amides is 1. The molecule has 7 rings (SSSR count). The highest BCUT2D eigenvalue weighted by Gasteiger charge is 2.32. The number of piperidine rings is 1. The van der Waals surface area contributed by atoms with Crippen molar-refractivity contribution in [1.29, 1.82) is 0 Å². The average molecular weight is 943 g/mol. The monoisotopic (exact) mass is 942 g/mol. The molecule has 2 heterocycles. The molecule has 2 N–H and O–H groups in total. The van der Waals surface area contributed by atoms with Crippen molar-refractivity contribution in [2.75, 3.05) is 68.4 Å². The van der Waals surface area contributed by atoms with E-state index in [1.807, 2.05) is 66.7 Å². The van der Waals surface area contributed by atoms with Crippen LogP contribution in [0.4, 0.5) is 17.1 Å². The molecule has 2 atom stereocenters. The second kappa shape index (κ2) is 23.0. The summed E-state index contributed by atoms with van der Waals surface area (Å²) in [5.41, 5.74) is 4.85. The highest BCUT2D eigenvalue weighted by atomic mass is 35.5. The third kappa shape index (κ3) is 12.8. The fourth-order valence-electron chi connectivity index (χ4n) is 8.09. The summed E-state index contributed by atoms with van der Waals surface area (Å²) in [5, 5.41) is 19.3. The molecule has 5 aromatic rings. The molecule has 0 spiro atoms. The lowest BCUT2D eigenvalue weighted by Crippen LogP contribution is -2.46. The number of piperazine rings is 1. The molecule has 0 aromatic heterocycles. The van der Waals surface area contributed by atoms with Crippen molar-refractivity contribution in [3.8, 4) is 11.1 Å². The van der Waals surface area contributed by atoms with Gasteiger partial charge >= 0.3 is 16.2 Å². The lowest BCUT2D eigenvalue weighted by Gasteiger charge is -2.36. The Kier molecular flexibility index (Phi) is 17.0. The van der Waals surface area contributed by atoms with Crippen LogP contribution in [0.25, 0.3) is 11.1 Å². The van der Waals surface area contributed by atoms with E-state index in [1.165, 1.54) is 23.3 Å². The number of carbonyl (C=O) groups is 1. The Bertz CT molecular complexity index is 2390. The molecular weight excluding hydrogens is 890 g/mol. The molecule has 2 saturated heterocycles. The number of hydrogen-bond acceptors (Lipinski definition) is 12. The summed E-state index contributed by atoms with van der Waals surface area (Å²) in [6.45, 7) is 8.19. The Hall–Kier alpha value is -4.62. The molecule has 2 fully saturated rings. The van der Waals surface area contributed by atoms with Gasteiger partial charge in [-0.25, -0.2) is 4.57 Å². The predicted octanol–water partition coefficient (Wildman–Crippen LogP) is 10.2. The zero-order valence-electron chi connectivity index (χ0n) is 35.7. The summed E-state index contributed by atoms with van der Waals surface area (Å²) >= 11 is 7.80. The second-order valence-electron chi connectivity index (χ2n) is 15.8. The highest BCUT2D eigenvalue weighted by molar-refractivity contribution is 7.99. The molecule has 13 nitrogen and oxygen atoms in total. The van der Waals surface area contributed by atoms with Crippen LogP contribution < -0.4 is 20.6 Å². The van der Waals surface area contributed by atoms with Crippen LogP contribution in [0, 0.1) is 10.1 Å². The number of benzene rings is 5. The van der Waals surface area contributed by atoms with Gasteiger partial charge in [-0.3, -0.25) is 34.0 Å². The van der Waals surface area contributed by atoms with Gasteiger partial charge in [-0.05, 0) is 104 Å². The maximum Gasteiger partial charge on any atom is 0.327 e. The number of anilines is 2. The largest absolute Gasteiger partial charge is 0.376 e. The van der Waals surface area contributed by atoms with Crippen LogP contribution in [0.1, 0.15) is 42.1 Å². The van der Waals surface area contributed by atoms with E-state index in [9.17, 15) is 24.0 Å². The zero-order chi connectivity index (χ0) is 44.9. The van der Waals surface area contributed by atoms with Crippen molar-refractivity contribution in [3.63, 3.8) is 0 Å². The summed E-state index contributed by atoms with van der Waals surface area (Å²) in [6, 6.07) is 37.6. The molecule has 2 aliphatic rings. The quantitative estimate of drug-likeness (QED) is 0.0331. The standard InChI is InChI=1S/C47H53ClN6O7P2S/c1-2-60-63(59,42-20-21-45(46(32-42)54(56)57)49-39(34-64-43-9-4-3-5-10-43)22-25-51-26-23-41(24-27-51)61-62-58)50-47(55)36-14-18-40(19-15-36)53-30-28-52(29-31-53)33-37-8-6-7-11-44(37)35-12-16-38(48)17-13-35/h3-21,32,39,41,49H,2,22-31,33-34H2,1H3,(H,50,55,59)/t39-,63?/m1/s1. The van der Waals surface area contributed by atoms with Crippen LogP contribution in [0.2, 0.25) is 5.02 Å². The summed E-state index contributed by atoms with van der Waals surface area (Å²) in [5.74, 6) is 0.0273. The average Bonchev–Trinajstić information content (AvgIpc) is 3.31. The molecule has 1 amide bonds. The van der Waals surface area contributed by atoms with Crippen LogP contribution in [0.15, 0.2) is 126 Å². The first-order valence-corrected chi connectivity index (χ1v) is 25.2. The lowest BCUT2D eigenvalue weighted by atomic mass is 9.99. The maximum atomic E-state index is 14.4. The lowest BCUT2D eigenvalue weighted by molar-refractivity contribution is -0.383. The third-order valence-corrected chi connectivity index (χ3v) is 15.5. The summed E-state index contributed by atoms with van der Waals surface area (Å²) in [6.07, 6.45) is 2.23. The normalized spacial score (nSPS) is 16.6. The van der Waals surface area contributed by atoms with E-state index in [4.69, 9.17) is 20.6 Å². The Balaban J connectivity index is 0.984. The molecule has 5 aromatic carbocycles. The van der Waals surface area contributed by atoms with Gasteiger partial charge in [0.25, 0.3) is 11.6 Å². The topological polar surface area (TPSA) is 147 Å². The number of carbonyl (C=O) groups excluding carboxylic acids is 1. The maximum absolute atomic E-state index is 14.4. The Labute approximate surface area is 385 Å². The van der Waals surface area contributed by atoms with Gasteiger partial charge in [0.15, 0.2) is 0 Å². The minimum atomic E-state index is -4.10. The van der Waals surface area contributed by atoms with E-state index in [2.05, 4.69) is 49.4 Å². The predicted molar refractivity (Wildman–Crippen MR) is 258 cm³/mol. The van der Waals surface area contributed by atoms with E-state index >= 15 is 0 Å². The van der Waals surface area contributed by atoms with Crippen molar-refractivity contribution in [1.82, 2.24) is 14.9 Å². The molecule has 0 radical (unpaired) electrons. The van der Waals surface area contributed by atoms with E-state index in [1.54, 1.807) is 36.9 Å². The summed E-state index contributed by atoms with van der Waals surface area (Å²) in [7, 11) is -4.40. The van der Waals surface area contributed by atoms with E-state index in [0.29, 0.717) is 17.2 Å². The van der Waals surface area contributed by atoms with Gasteiger partial charge in [0, 0.05) is 91.4 Å². The number of thioether (sulfide) groups is 1. The van der Waals surface area contributed by atoms with Crippen LogP contribution in [0.3, 0.4) is 0 Å². The van der Waals surface area contributed by atoms with Gasteiger partial charge < -0.3 is 19.6 Å². The molecule has 0 aliphatic carbocycles. The van der Waals surface area contributed by atoms with Gasteiger partial charge in [0.1, 0.15) is 5.69 Å². The van der Waals surface area contributed by atoms with Gasteiger partial charge in [-0.2, -0.15) is 0 Å². The number of hydrogen-bond donors (Lipinski definition) is 2. The summed E-state index contributed by atoms with van der Waals surface area (Å²) < 4.78 is 36.3. The minimum Gasteiger partial charge on any atom is -0.376 e. The van der Waals surface area contributed by atoms with Gasteiger partial charge in [-0.1, -0.05) is 66.2 Å². The number of nitrogens with one attached hydrogen (secondary N) is 2. The first kappa shape index (κ1) is 47.3. The van der Waals surface area contributed by atoms with E-state index in [0.717, 1.165) is 81.3 Å². The fourth-order valence-corrected chi connectivity index (χ4v) is 11.2. The van der Waals surface area contributed by atoms with E-state index in [-0.39, 0.29) is 49.7 Å². The second-order valence-corrected chi connectivity index (χ2v) is 19.8. The number of rotatable bonds is 20. The van der Waals surface area contributed by atoms with Crippen molar-refractivity contribution >= 4 is 67.8 Å². The van der Waals surface area contributed by atoms with Gasteiger partial charge in [-0.15, -0.1) is 11.8 Å². The minimum absolute atomic E-state index is 0.00163. The molecule has 64 heavy (non-hydrogen) atoms. The first-order valence-electron chi connectivity index (χ1n) is 21.5.